The summed E-state index contributed by atoms with van der Waals surface area (Å²) < 4.78 is 27.3. The monoisotopic (exact) mass is 495 g/mol. The number of benzene rings is 3. The number of thiocarbonyl (C=S) groups is 1. The first-order valence-corrected chi connectivity index (χ1v) is 13.1. The summed E-state index contributed by atoms with van der Waals surface area (Å²) in [7, 11) is -3.55. The lowest BCUT2D eigenvalue weighted by atomic mass is 10.0. The van der Waals surface area contributed by atoms with Gasteiger partial charge >= 0.3 is 0 Å². The van der Waals surface area contributed by atoms with Crippen molar-refractivity contribution >= 4 is 55.8 Å². The van der Waals surface area contributed by atoms with Crippen LogP contribution in [-0.4, -0.2) is 36.8 Å². The van der Waals surface area contributed by atoms with E-state index in [1.165, 1.54) is 10.4 Å². The Morgan fingerprint density at radius 2 is 1.59 bits per heavy atom. The van der Waals surface area contributed by atoms with Crippen molar-refractivity contribution in [1.82, 2.24) is 9.62 Å². The zero-order valence-electron chi connectivity index (χ0n) is 19.3. The summed E-state index contributed by atoms with van der Waals surface area (Å²) >= 11 is 5.23. The van der Waals surface area contributed by atoms with Crippen LogP contribution in [0.2, 0.25) is 0 Å². The lowest BCUT2D eigenvalue weighted by molar-refractivity contribution is -0.115. The van der Waals surface area contributed by atoms with E-state index in [1.54, 1.807) is 30.3 Å². The van der Waals surface area contributed by atoms with Gasteiger partial charge in [0.1, 0.15) is 0 Å². The number of anilines is 1. The minimum atomic E-state index is -3.55. The molecule has 0 aliphatic carbocycles. The number of hydrogen-bond acceptors (Lipinski definition) is 4. The second-order valence-corrected chi connectivity index (χ2v) is 10.1. The lowest BCUT2D eigenvalue weighted by Gasteiger charge is -2.21. The average molecular weight is 496 g/mol. The van der Waals surface area contributed by atoms with Crippen LogP contribution in [0.4, 0.5) is 5.69 Å². The van der Waals surface area contributed by atoms with E-state index >= 15 is 0 Å². The van der Waals surface area contributed by atoms with Crippen molar-refractivity contribution in [3.8, 4) is 0 Å². The Morgan fingerprint density at radius 1 is 0.941 bits per heavy atom. The van der Waals surface area contributed by atoms with Crippen LogP contribution in [0.1, 0.15) is 32.3 Å². The minimum absolute atomic E-state index is 0.127. The topological polar surface area (TPSA) is 78.5 Å². The maximum Gasteiger partial charge on any atom is 0.250 e. The highest BCUT2D eigenvalue weighted by Crippen LogP contribution is 2.20. The number of hydrogen-bond donors (Lipinski definition) is 2. The Bertz CT molecular complexity index is 1270. The molecule has 0 spiro atoms. The highest BCUT2D eigenvalue weighted by Gasteiger charge is 2.22. The van der Waals surface area contributed by atoms with E-state index in [0.717, 1.165) is 29.2 Å². The average Bonchev–Trinajstić information content (AvgIpc) is 2.83. The summed E-state index contributed by atoms with van der Waals surface area (Å²) in [6, 6.07) is 20.2. The van der Waals surface area contributed by atoms with Crippen LogP contribution in [-0.2, 0) is 14.8 Å². The number of carbonyl (C=O) groups excluding carboxylic acids is 1. The second kappa shape index (κ2) is 11.9. The van der Waals surface area contributed by atoms with Gasteiger partial charge in [0.2, 0.25) is 15.9 Å². The van der Waals surface area contributed by atoms with E-state index in [9.17, 15) is 13.2 Å². The number of nitrogens with one attached hydrogen (secondary N) is 2. The van der Waals surface area contributed by atoms with Gasteiger partial charge in [-0.3, -0.25) is 10.1 Å². The molecule has 0 bridgehead atoms. The van der Waals surface area contributed by atoms with E-state index in [4.69, 9.17) is 12.2 Å². The van der Waals surface area contributed by atoms with Gasteiger partial charge in [0, 0.05) is 24.9 Å². The zero-order valence-corrected chi connectivity index (χ0v) is 21.0. The van der Waals surface area contributed by atoms with Gasteiger partial charge in [-0.05, 0) is 71.7 Å². The highest BCUT2D eigenvalue weighted by molar-refractivity contribution is 7.89. The molecule has 8 heteroatoms. The first-order valence-electron chi connectivity index (χ1n) is 11.2. The zero-order chi connectivity index (χ0) is 24.6. The van der Waals surface area contributed by atoms with Crippen molar-refractivity contribution in [2.75, 3.05) is 18.4 Å². The van der Waals surface area contributed by atoms with Crippen LogP contribution in [0.5, 0.6) is 0 Å². The van der Waals surface area contributed by atoms with Gasteiger partial charge in [0.05, 0.1) is 4.90 Å². The molecule has 34 heavy (non-hydrogen) atoms. The maximum absolute atomic E-state index is 12.9. The number of fused-ring (bicyclic) bond motifs is 1. The van der Waals surface area contributed by atoms with Gasteiger partial charge in [-0.2, -0.15) is 4.31 Å². The Hall–Kier alpha value is -3.07. The molecular weight excluding hydrogens is 466 g/mol. The standard InChI is InChI=1S/C26H29N3O3S2/c1-3-18-29(19-4-2)34(31,32)23-15-13-22(14-16-23)27-26(33)28-25(30)17-12-21-10-7-9-20-8-5-6-11-24(20)21/h5-17H,3-4,18-19H2,1-2H3,(H2,27,28,30,33)/b17-12+. The van der Waals surface area contributed by atoms with Crippen LogP contribution in [0.3, 0.4) is 0 Å². The molecule has 0 radical (unpaired) electrons. The lowest BCUT2D eigenvalue weighted by Crippen LogP contribution is -2.33. The van der Waals surface area contributed by atoms with Crippen LogP contribution < -0.4 is 10.6 Å². The fourth-order valence-electron chi connectivity index (χ4n) is 3.59. The molecule has 0 aliphatic heterocycles. The van der Waals surface area contributed by atoms with Gasteiger partial charge in [-0.15, -0.1) is 0 Å². The van der Waals surface area contributed by atoms with Crippen molar-refractivity contribution in [3.63, 3.8) is 0 Å². The number of carbonyl (C=O) groups is 1. The predicted molar refractivity (Wildman–Crippen MR) is 143 cm³/mol. The fourth-order valence-corrected chi connectivity index (χ4v) is 5.43. The molecular formula is C26H29N3O3S2. The third-order valence-electron chi connectivity index (χ3n) is 5.17. The molecule has 0 aliphatic rings. The Kier molecular flexibility index (Phi) is 8.92. The molecule has 0 atom stereocenters. The van der Waals surface area contributed by atoms with Crippen LogP contribution >= 0.6 is 12.2 Å². The summed E-state index contributed by atoms with van der Waals surface area (Å²) in [5.41, 5.74) is 1.52. The van der Waals surface area contributed by atoms with Gasteiger partial charge in [0.25, 0.3) is 0 Å². The van der Waals surface area contributed by atoms with E-state index < -0.39 is 10.0 Å². The molecule has 0 saturated heterocycles. The molecule has 0 fully saturated rings. The number of amides is 1. The summed E-state index contributed by atoms with van der Waals surface area (Å²) in [5, 5.41) is 7.81. The van der Waals surface area contributed by atoms with Gasteiger partial charge in [-0.1, -0.05) is 56.3 Å². The third-order valence-corrected chi connectivity index (χ3v) is 7.29. The van der Waals surface area contributed by atoms with E-state index in [-0.39, 0.29) is 15.9 Å². The predicted octanol–water partition coefficient (Wildman–Crippen LogP) is 5.18. The molecule has 178 valence electrons. The number of nitrogens with zero attached hydrogens (tertiary/aromatic N) is 1. The summed E-state index contributed by atoms with van der Waals surface area (Å²) in [4.78, 5) is 12.6. The van der Waals surface area contributed by atoms with Crippen molar-refractivity contribution < 1.29 is 13.2 Å². The largest absolute Gasteiger partial charge is 0.332 e. The summed E-state index contributed by atoms with van der Waals surface area (Å²) in [6.07, 6.45) is 4.68. The quantitative estimate of drug-likeness (QED) is 0.316. The minimum Gasteiger partial charge on any atom is -0.332 e. The smallest absolute Gasteiger partial charge is 0.250 e. The third kappa shape index (κ3) is 6.50. The van der Waals surface area contributed by atoms with E-state index in [1.807, 2.05) is 56.3 Å². The number of rotatable bonds is 9. The highest BCUT2D eigenvalue weighted by atomic mass is 32.2. The maximum atomic E-state index is 12.9. The van der Waals surface area contributed by atoms with Crippen molar-refractivity contribution in [2.45, 2.75) is 31.6 Å². The summed E-state index contributed by atoms with van der Waals surface area (Å²) in [6.45, 7) is 4.88. The first kappa shape index (κ1) is 25.6. The Morgan fingerprint density at radius 3 is 2.26 bits per heavy atom. The molecule has 3 rings (SSSR count). The Labute approximate surface area is 206 Å². The van der Waals surface area contributed by atoms with Crippen molar-refractivity contribution in [3.05, 3.63) is 78.4 Å². The van der Waals surface area contributed by atoms with Crippen LogP contribution in [0, 0.1) is 0 Å². The van der Waals surface area contributed by atoms with Gasteiger partial charge in [0.15, 0.2) is 5.11 Å². The van der Waals surface area contributed by atoms with E-state index in [0.29, 0.717) is 18.8 Å². The molecule has 6 nitrogen and oxygen atoms in total. The molecule has 1 amide bonds. The molecule has 3 aromatic carbocycles. The van der Waals surface area contributed by atoms with Crippen LogP contribution in [0.15, 0.2) is 77.7 Å². The molecule has 2 N–H and O–H groups in total. The second-order valence-electron chi connectivity index (χ2n) is 7.77. The molecule has 0 saturated carbocycles. The van der Waals surface area contributed by atoms with Gasteiger partial charge < -0.3 is 5.32 Å². The van der Waals surface area contributed by atoms with Crippen molar-refractivity contribution in [2.24, 2.45) is 0 Å². The molecule has 0 heterocycles. The molecule has 0 aromatic heterocycles. The van der Waals surface area contributed by atoms with Gasteiger partial charge in [-0.25, -0.2) is 8.42 Å². The Balaban J connectivity index is 1.61. The number of sulfonamides is 1. The molecule has 0 unspecified atom stereocenters. The van der Waals surface area contributed by atoms with Crippen LogP contribution in [0.25, 0.3) is 16.8 Å². The SMILES string of the molecule is CCCN(CCC)S(=O)(=O)c1ccc(NC(=S)NC(=O)/C=C/c2cccc3ccccc23)cc1. The molecule has 3 aromatic rings. The first-order chi connectivity index (χ1) is 16.3. The summed E-state index contributed by atoms with van der Waals surface area (Å²) in [5.74, 6) is -0.362. The normalized spacial score (nSPS) is 11.7. The van der Waals surface area contributed by atoms with Crippen molar-refractivity contribution in [1.29, 1.82) is 0 Å². The fraction of sp³-hybridized carbons (Fsp3) is 0.231. The van der Waals surface area contributed by atoms with E-state index in [2.05, 4.69) is 10.6 Å².